The number of rotatable bonds is 4. The standard InChI is InChI=1S/C11H19NO/c1-8(2)5-4-6-11(3)7-9(11)10(12)13/h5,9H,4,6-7H2,1-3H3,(H2,12,13). The molecule has 0 aliphatic heterocycles. The lowest BCUT2D eigenvalue weighted by Gasteiger charge is -2.07. The molecule has 1 aliphatic carbocycles. The lowest BCUT2D eigenvalue weighted by atomic mass is 9.99. The Bertz CT molecular complexity index is 240. The molecule has 2 atom stereocenters. The van der Waals surface area contributed by atoms with Gasteiger partial charge >= 0.3 is 0 Å². The largest absolute Gasteiger partial charge is 0.369 e. The summed E-state index contributed by atoms with van der Waals surface area (Å²) in [5.41, 5.74) is 6.80. The summed E-state index contributed by atoms with van der Waals surface area (Å²) in [7, 11) is 0. The predicted molar refractivity (Wildman–Crippen MR) is 54.1 cm³/mol. The van der Waals surface area contributed by atoms with Crippen molar-refractivity contribution in [3.8, 4) is 0 Å². The molecule has 0 aromatic carbocycles. The molecule has 0 spiro atoms. The Labute approximate surface area is 80.2 Å². The van der Waals surface area contributed by atoms with Gasteiger partial charge in [0.2, 0.25) is 5.91 Å². The Hall–Kier alpha value is -0.790. The van der Waals surface area contributed by atoms with Gasteiger partial charge in [-0.1, -0.05) is 18.6 Å². The van der Waals surface area contributed by atoms with E-state index in [4.69, 9.17) is 5.73 Å². The van der Waals surface area contributed by atoms with Gasteiger partial charge in [0.15, 0.2) is 0 Å². The molecule has 2 N–H and O–H groups in total. The van der Waals surface area contributed by atoms with Gasteiger partial charge in [0.1, 0.15) is 0 Å². The zero-order chi connectivity index (χ0) is 10.1. The van der Waals surface area contributed by atoms with E-state index in [9.17, 15) is 4.79 Å². The molecule has 1 fully saturated rings. The third-order valence-electron chi connectivity index (χ3n) is 2.96. The first kappa shape index (κ1) is 10.3. The van der Waals surface area contributed by atoms with Gasteiger partial charge in [-0.2, -0.15) is 0 Å². The Morgan fingerprint density at radius 3 is 2.62 bits per heavy atom. The van der Waals surface area contributed by atoms with Crippen LogP contribution >= 0.6 is 0 Å². The monoisotopic (exact) mass is 181 g/mol. The van der Waals surface area contributed by atoms with Crippen LogP contribution in [0.5, 0.6) is 0 Å². The van der Waals surface area contributed by atoms with Crippen LogP contribution in [0.4, 0.5) is 0 Å². The number of nitrogens with two attached hydrogens (primary N) is 1. The molecule has 2 nitrogen and oxygen atoms in total. The normalized spacial score (nSPS) is 31.2. The van der Waals surface area contributed by atoms with Crippen molar-refractivity contribution in [1.29, 1.82) is 0 Å². The maximum Gasteiger partial charge on any atom is 0.221 e. The summed E-state index contributed by atoms with van der Waals surface area (Å²) in [5.74, 6) is 0.0118. The van der Waals surface area contributed by atoms with Gasteiger partial charge in [-0.15, -0.1) is 0 Å². The number of hydrogen-bond acceptors (Lipinski definition) is 1. The third kappa shape index (κ3) is 2.58. The van der Waals surface area contributed by atoms with Gasteiger partial charge in [0.25, 0.3) is 0 Å². The van der Waals surface area contributed by atoms with Crippen molar-refractivity contribution in [3.05, 3.63) is 11.6 Å². The van der Waals surface area contributed by atoms with Crippen LogP contribution in [-0.4, -0.2) is 5.91 Å². The summed E-state index contributed by atoms with van der Waals surface area (Å²) >= 11 is 0. The van der Waals surface area contributed by atoms with Gasteiger partial charge in [0, 0.05) is 5.92 Å². The first-order chi connectivity index (χ1) is 5.96. The molecule has 1 amide bonds. The molecule has 74 valence electrons. The van der Waals surface area contributed by atoms with Crippen molar-refractivity contribution in [2.75, 3.05) is 0 Å². The Morgan fingerprint density at radius 1 is 1.62 bits per heavy atom. The van der Waals surface area contributed by atoms with Crippen molar-refractivity contribution < 1.29 is 4.79 Å². The molecule has 0 aromatic rings. The van der Waals surface area contributed by atoms with Crippen LogP contribution in [0.1, 0.15) is 40.0 Å². The number of amides is 1. The van der Waals surface area contributed by atoms with Crippen molar-refractivity contribution >= 4 is 5.91 Å². The molecule has 0 bridgehead atoms. The van der Waals surface area contributed by atoms with Crippen LogP contribution in [0, 0.1) is 11.3 Å². The van der Waals surface area contributed by atoms with Crippen molar-refractivity contribution in [2.24, 2.45) is 17.1 Å². The topological polar surface area (TPSA) is 43.1 Å². The highest BCUT2D eigenvalue weighted by molar-refractivity contribution is 5.80. The number of primary amides is 1. The second-order valence-corrected chi connectivity index (χ2v) is 4.63. The van der Waals surface area contributed by atoms with Gasteiger partial charge in [-0.25, -0.2) is 0 Å². The fourth-order valence-electron chi connectivity index (χ4n) is 1.82. The van der Waals surface area contributed by atoms with Crippen molar-refractivity contribution in [3.63, 3.8) is 0 Å². The number of carbonyl (C=O) groups is 1. The Balaban J connectivity index is 2.32. The van der Waals surface area contributed by atoms with Crippen molar-refractivity contribution in [1.82, 2.24) is 0 Å². The van der Waals surface area contributed by atoms with Crippen LogP contribution in [0.2, 0.25) is 0 Å². The van der Waals surface area contributed by atoms with Gasteiger partial charge in [-0.3, -0.25) is 4.79 Å². The van der Waals surface area contributed by atoms with E-state index in [1.54, 1.807) is 0 Å². The average Bonchev–Trinajstić information content (AvgIpc) is 2.62. The summed E-state index contributed by atoms with van der Waals surface area (Å²) in [4.78, 5) is 10.9. The Morgan fingerprint density at radius 2 is 2.23 bits per heavy atom. The second-order valence-electron chi connectivity index (χ2n) is 4.63. The van der Waals surface area contributed by atoms with Crippen LogP contribution in [0.25, 0.3) is 0 Å². The van der Waals surface area contributed by atoms with Crippen molar-refractivity contribution in [2.45, 2.75) is 40.0 Å². The first-order valence-corrected chi connectivity index (χ1v) is 4.88. The minimum atomic E-state index is -0.125. The molecule has 1 aliphatic rings. The minimum absolute atomic E-state index is 0.125. The molecule has 13 heavy (non-hydrogen) atoms. The fraction of sp³-hybridized carbons (Fsp3) is 0.727. The number of allylic oxidation sites excluding steroid dienone is 2. The van der Waals surface area contributed by atoms with E-state index in [2.05, 4.69) is 26.8 Å². The predicted octanol–water partition coefficient (Wildman–Crippen LogP) is 2.24. The lowest BCUT2D eigenvalue weighted by Crippen LogP contribution is -2.17. The van der Waals surface area contributed by atoms with Crippen LogP contribution in [0.3, 0.4) is 0 Å². The highest BCUT2D eigenvalue weighted by Crippen LogP contribution is 2.55. The van der Waals surface area contributed by atoms with E-state index in [0.29, 0.717) is 0 Å². The zero-order valence-electron chi connectivity index (χ0n) is 8.76. The van der Waals surface area contributed by atoms with Gasteiger partial charge in [-0.05, 0) is 38.5 Å². The van der Waals surface area contributed by atoms with E-state index in [1.165, 1.54) is 5.57 Å². The summed E-state index contributed by atoms with van der Waals surface area (Å²) in [6, 6.07) is 0. The van der Waals surface area contributed by atoms with E-state index >= 15 is 0 Å². The molecule has 1 rings (SSSR count). The van der Waals surface area contributed by atoms with Crippen LogP contribution in [0.15, 0.2) is 11.6 Å². The summed E-state index contributed by atoms with van der Waals surface area (Å²) in [5, 5.41) is 0. The molecular weight excluding hydrogens is 162 g/mol. The van der Waals surface area contributed by atoms with Gasteiger partial charge < -0.3 is 5.73 Å². The summed E-state index contributed by atoms with van der Waals surface area (Å²) in [6.07, 6.45) is 5.37. The fourth-order valence-corrected chi connectivity index (χ4v) is 1.82. The van der Waals surface area contributed by atoms with E-state index in [1.807, 2.05) is 0 Å². The van der Waals surface area contributed by atoms with Crippen LogP contribution in [-0.2, 0) is 4.79 Å². The molecule has 0 saturated heterocycles. The smallest absolute Gasteiger partial charge is 0.221 e. The van der Waals surface area contributed by atoms with E-state index < -0.39 is 0 Å². The quantitative estimate of drug-likeness (QED) is 0.664. The van der Waals surface area contributed by atoms with E-state index in [0.717, 1.165) is 19.3 Å². The lowest BCUT2D eigenvalue weighted by molar-refractivity contribution is -0.119. The second kappa shape index (κ2) is 3.52. The third-order valence-corrected chi connectivity index (χ3v) is 2.96. The molecule has 1 saturated carbocycles. The van der Waals surface area contributed by atoms with E-state index in [-0.39, 0.29) is 17.2 Å². The van der Waals surface area contributed by atoms with Crippen LogP contribution < -0.4 is 5.73 Å². The molecule has 0 aromatic heterocycles. The summed E-state index contributed by atoms with van der Waals surface area (Å²) in [6.45, 7) is 6.35. The maximum absolute atomic E-state index is 10.9. The molecular formula is C11H19NO. The number of hydrogen-bond donors (Lipinski definition) is 1. The highest BCUT2D eigenvalue weighted by atomic mass is 16.1. The highest BCUT2D eigenvalue weighted by Gasteiger charge is 2.52. The summed E-state index contributed by atoms with van der Waals surface area (Å²) < 4.78 is 0. The molecule has 2 unspecified atom stereocenters. The zero-order valence-corrected chi connectivity index (χ0v) is 8.76. The minimum Gasteiger partial charge on any atom is -0.369 e. The Kier molecular flexibility index (Phi) is 2.79. The first-order valence-electron chi connectivity index (χ1n) is 4.88. The molecule has 2 heteroatoms. The number of carbonyl (C=O) groups excluding carboxylic acids is 1. The van der Waals surface area contributed by atoms with Gasteiger partial charge in [0.05, 0.1) is 0 Å². The maximum atomic E-state index is 10.9. The molecule has 0 heterocycles. The molecule has 0 radical (unpaired) electrons. The SMILES string of the molecule is CC(C)=CCCC1(C)CC1C(N)=O. The average molecular weight is 181 g/mol.